The number of carbonyl (C=O) groups is 1. The highest BCUT2D eigenvalue weighted by molar-refractivity contribution is 5.81. The summed E-state index contributed by atoms with van der Waals surface area (Å²) in [6.07, 6.45) is 0.771. The topological polar surface area (TPSA) is 29.1 Å². The summed E-state index contributed by atoms with van der Waals surface area (Å²) in [5.74, 6) is 0.186. The molecule has 0 unspecified atom stereocenters. The molecule has 0 spiro atoms. The van der Waals surface area contributed by atoms with Gasteiger partial charge in [-0.15, -0.1) is 0 Å². The largest absolute Gasteiger partial charge is 0.310 e. The molecule has 1 aromatic rings. The van der Waals surface area contributed by atoms with Crippen LogP contribution in [0.1, 0.15) is 26.3 Å². The average molecular weight is 207 g/mol. The van der Waals surface area contributed by atoms with Gasteiger partial charge in [-0.1, -0.05) is 44.2 Å². The molecule has 15 heavy (non-hydrogen) atoms. The van der Waals surface area contributed by atoms with Crippen LogP contribution in [0.5, 0.6) is 0 Å². The molecular formula is C13H21NO. The van der Waals surface area contributed by atoms with Gasteiger partial charge in [0.2, 0.25) is 0 Å². The third-order valence-electron chi connectivity index (χ3n) is 2.12. The molecule has 84 valence electrons. The first-order valence-electron chi connectivity index (χ1n) is 5.45. The second-order valence-electron chi connectivity index (χ2n) is 3.14. The Kier molecular flexibility index (Phi) is 7.56. The monoisotopic (exact) mass is 207 g/mol. The van der Waals surface area contributed by atoms with Crippen molar-refractivity contribution < 1.29 is 4.79 Å². The van der Waals surface area contributed by atoms with Crippen molar-refractivity contribution in [3.63, 3.8) is 0 Å². The van der Waals surface area contributed by atoms with Crippen molar-refractivity contribution in [1.82, 2.24) is 5.32 Å². The number of Topliss-reactive ketones (excluding diaryl/α,β-unsaturated/α-hetero) is 1. The van der Waals surface area contributed by atoms with Gasteiger partial charge in [0.15, 0.2) is 0 Å². The van der Waals surface area contributed by atoms with E-state index in [0.717, 1.165) is 6.42 Å². The van der Waals surface area contributed by atoms with E-state index in [9.17, 15) is 4.79 Å². The van der Waals surface area contributed by atoms with E-state index in [1.807, 2.05) is 51.2 Å². The first-order valence-corrected chi connectivity index (χ1v) is 5.45. The maximum Gasteiger partial charge on any atom is 0.147 e. The Balaban J connectivity index is 0.000000921. The fraction of sp³-hybridized carbons (Fsp3) is 0.462. The van der Waals surface area contributed by atoms with Crippen LogP contribution >= 0.6 is 0 Å². The molecule has 0 heterocycles. The van der Waals surface area contributed by atoms with Gasteiger partial charge in [-0.25, -0.2) is 0 Å². The fourth-order valence-electron chi connectivity index (χ4n) is 1.30. The first-order chi connectivity index (χ1) is 7.24. The molecular weight excluding hydrogens is 186 g/mol. The zero-order valence-corrected chi connectivity index (χ0v) is 10.1. The van der Waals surface area contributed by atoms with Crippen LogP contribution in [0.2, 0.25) is 0 Å². The summed E-state index contributed by atoms with van der Waals surface area (Å²) in [5.41, 5.74) is 1.19. The van der Waals surface area contributed by atoms with Crippen LogP contribution < -0.4 is 5.32 Å². The molecule has 1 N–H and O–H groups in total. The van der Waals surface area contributed by atoms with Crippen LogP contribution in [0.4, 0.5) is 0 Å². The fourth-order valence-corrected chi connectivity index (χ4v) is 1.30. The number of carbonyl (C=O) groups excluding carboxylic acids is 1. The number of benzene rings is 1. The van der Waals surface area contributed by atoms with Gasteiger partial charge in [0, 0.05) is 0 Å². The van der Waals surface area contributed by atoms with E-state index in [-0.39, 0.29) is 11.8 Å². The van der Waals surface area contributed by atoms with Crippen molar-refractivity contribution in [2.24, 2.45) is 0 Å². The number of nitrogens with one attached hydrogen (secondary N) is 1. The Morgan fingerprint density at radius 3 is 2.20 bits per heavy atom. The highest BCUT2D eigenvalue weighted by atomic mass is 16.1. The quantitative estimate of drug-likeness (QED) is 0.821. The Morgan fingerprint density at radius 2 is 1.80 bits per heavy atom. The van der Waals surface area contributed by atoms with E-state index in [4.69, 9.17) is 0 Å². The van der Waals surface area contributed by atoms with Gasteiger partial charge in [0.05, 0.1) is 6.04 Å². The number of likely N-dealkylation sites (N-methyl/N-ethyl adjacent to an activating group) is 1. The summed E-state index contributed by atoms with van der Waals surface area (Å²) in [4.78, 5) is 11.1. The molecule has 2 heteroatoms. The van der Waals surface area contributed by atoms with Gasteiger partial charge in [-0.2, -0.15) is 0 Å². The molecule has 0 aromatic heterocycles. The summed E-state index contributed by atoms with van der Waals surface area (Å²) in [6.45, 7) is 5.62. The van der Waals surface area contributed by atoms with Gasteiger partial charge in [-0.05, 0) is 26.0 Å². The lowest BCUT2D eigenvalue weighted by molar-refractivity contribution is -0.118. The maximum atomic E-state index is 11.1. The van der Waals surface area contributed by atoms with Gasteiger partial charge in [0.25, 0.3) is 0 Å². The van der Waals surface area contributed by atoms with Crippen molar-refractivity contribution >= 4 is 5.78 Å². The normalized spacial score (nSPS) is 11.2. The molecule has 0 saturated carbocycles. The van der Waals surface area contributed by atoms with Crippen molar-refractivity contribution in [3.05, 3.63) is 35.9 Å². The predicted molar refractivity (Wildman–Crippen MR) is 65.0 cm³/mol. The molecule has 1 aromatic carbocycles. The Morgan fingerprint density at radius 1 is 1.27 bits per heavy atom. The van der Waals surface area contributed by atoms with Crippen LogP contribution in [0.3, 0.4) is 0 Å². The standard InChI is InChI=1S/C11H15NO.C2H6/c1-9(13)11(12-2)8-10-6-4-3-5-7-10;1-2/h3-7,11-12H,8H2,1-2H3;1-2H3/t11-;/m0./s1. The Hall–Kier alpha value is -1.15. The molecule has 0 fully saturated rings. The predicted octanol–water partition coefficient (Wildman–Crippen LogP) is 2.43. The van der Waals surface area contributed by atoms with Crippen molar-refractivity contribution in [2.75, 3.05) is 7.05 Å². The summed E-state index contributed by atoms with van der Waals surface area (Å²) in [7, 11) is 1.81. The molecule has 0 radical (unpaired) electrons. The molecule has 0 aliphatic carbocycles. The van der Waals surface area contributed by atoms with E-state index in [0.29, 0.717) is 0 Å². The van der Waals surface area contributed by atoms with Crippen molar-refractivity contribution in [2.45, 2.75) is 33.2 Å². The van der Waals surface area contributed by atoms with Crippen LogP contribution in [0, 0.1) is 0 Å². The molecule has 1 rings (SSSR count). The van der Waals surface area contributed by atoms with Crippen molar-refractivity contribution in [3.8, 4) is 0 Å². The van der Waals surface area contributed by atoms with E-state index >= 15 is 0 Å². The van der Waals surface area contributed by atoms with Gasteiger partial charge in [0.1, 0.15) is 5.78 Å². The first kappa shape index (κ1) is 13.8. The van der Waals surface area contributed by atoms with Crippen LogP contribution in [-0.4, -0.2) is 18.9 Å². The Bertz CT molecular complexity index is 269. The molecule has 0 saturated heterocycles. The SMILES string of the molecule is CC.CN[C@@H](Cc1ccccc1)C(C)=O. The maximum absolute atomic E-state index is 11.1. The zero-order valence-electron chi connectivity index (χ0n) is 10.1. The minimum absolute atomic E-state index is 0.0533. The number of hydrogen-bond donors (Lipinski definition) is 1. The molecule has 0 aliphatic rings. The average Bonchev–Trinajstić information content (AvgIpc) is 2.29. The van der Waals surface area contributed by atoms with Crippen LogP contribution in [0.15, 0.2) is 30.3 Å². The van der Waals surface area contributed by atoms with Gasteiger partial charge < -0.3 is 5.32 Å². The van der Waals surface area contributed by atoms with Crippen molar-refractivity contribution in [1.29, 1.82) is 0 Å². The third-order valence-corrected chi connectivity index (χ3v) is 2.12. The molecule has 0 amide bonds. The lowest BCUT2D eigenvalue weighted by Crippen LogP contribution is -2.34. The van der Waals surface area contributed by atoms with E-state index in [2.05, 4.69) is 5.32 Å². The third kappa shape index (κ3) is 5.33. The second-order valence-corrected chi connectivity index (χ2v) is 3.14. The highest BCUT2D eigenvalue weighted by Gasteiger charge is 2.11. The van der Waals surface area contributed by atoms with E-state index < -0.39 is 0 Å². The highest BCUT2D eigenvalue weighted by Crippen LogP contribution is 2.03. The lowest BCUT2D eigenvalue weighted by Gasteiger charge is -2.11. The summed E-state index contributed by atoms with van der Waals surface area (Å²) in [5, 5.41) is 3.00. The molecule has 0 aliphatic heterocycles. The summed E-state index contributed by atoms with van der Waals surface area (Å²) in [6, 6.07) is 9.97. The zero-order chi connectivity index (χ0) is 11.7. The smallest absolute Gasteiger partial charge is 0.147 e. The minimum Gasteiger partial charge on any atom is -0.310 e. The number of ketones is 1. The number of hydrogen-bond acceptors (Lipinski definition) is 2. The Labute approximate surface area is 92.7 Å². The molecule has 1 atom stereocenters. The van der Waals surface area contributed by atoms with Crippen LogP contribution in [-0.2, 0) is 11.2 Å². The van der Waals surface area contributed by atoms with Crippen LogP contribution in [0.25, 0.3) is 0 Å². The van der Waals surface area contributed by atoms with E-state index in [1.165, 1.54) is 5.56 Å². The van der Waals surface area contributed by atoms with E-state index in [1.54, 1.807) is 6.92 Å². The van der Waals surface area contributed by atoms with Gasteiger partial charge in [-0.3, -0.25) is 4.79 Å². The number of rotatable bonds is 4. The summed E-state index contributed by atoms with van der Waals surface area (Å²) >= 11 is 0. The minimum atomic E-state index is -0.0533. The molecule has 2 nitrogen and oxygen atoms in total. The lowest BCUT2D eigenvalue weighted by atomic mass is 10.0. The second kappa shape index (κ2) is 8.18. The molecule has 0 bridgehead atoms. The van der Waals surface area contributed by atoms with Gasteiger partial charge >= 0.3 is 0 Å². The summed E-state index contributed by atoms with van der Waals surface area (Å²) < 4.78 is 0.